The summed E-state index contributed by atoms with van der Waals surface area (Å²) >= 11 is 0. The fraction of sp³-hybridized carbons (Fsp3) is 0.818. The van der Waals surface area contributed by atoms with E-state index < -0.39 is 0 Å². The largest absolute Gasteiger partial charge is 0.314 e. The monoisotopic (exact) mass is 210 g/mol. The predicted octanol–water partition coefficient (Wildman–Crippen LogP) is 1.48. The fourth-order valence-electron chi connectivity index (χ4n) is 2.19. The second-order valence-electron chi connectivity index (χ2n) is 4.79. The Balaban J connectivity index is 2.71. The molecule has 4 nitrogen and oxygen atoms in total. The first-order chi connectivity index (χ1) is 6.97. The Bertz CT molecular complexity index is 303. The van der Waals surface area contributed by atoms with Crippen molar-refractivity contribution >= 4 is 0 Å². The third-order valence-electron chi connectivity index (χ3n) is 2.78. The topological polar surface area (TPSA) is 42.7 Å². The molecule has 0 bridgehead atoms. The molecule has 1 aromatic heterocycles. The van der Waals surface area contributed by atoms with Crippen LogP contribution in [0.5, 0.6) is 0 Å². The maximum absolute atomic E-state index is 3.98. The molecule has 0 amide bonds. The van der Waals surface area contributed by atoms with Crippen LogP contribution in [0.1, 0.15) is 39.8 Å². The van der Waals surface area contributed by atoms with Crippen molar-refractivity contribution in [1.29, 1.82) is 0 Å². The molecule has 0 aliphatic rings. The highest BCUT2D eigenvalue weighted by Crippen LogP contribution is 2.26. The Morgan fingerprint density at radius 2 is 2.20 bits per heavy atom. The van der Waals surface area contributed by atoms with Crippen LogP contribution in [-0.4, -0.2) is 27.6 Å². The first-order valence-corrected chi connectivity index (χ1v) is 5.56. The van der Waals surface area contributed by atoms with Crippen LogP contribution in [0.4, 0.5) is 0 Å². The van der Waals surface area contributed by atoms with Crippen molar-refractivity contribution < 1.29 is 0 Å². The first-order valence-electron chi connectivity index (χ1n) is 5.56. The Morgan fingerprint density at radius 1 is 1.53 bits per heavy atom. The molecule has 0 radical (unpaired) electrons. The van der Waals surface area contributed by atoms with E-state index in [1.807, 2.05) is 17.9 Å². The van der Waals surface area contributed by atoms with Crippen LogP contribution in [0, 0.1) is 0 Å². The lowest BCUT2D eigenvalue weighted by atomic mass is 9.83. The van der Waals surface area contributed by atoms with E-state index in [0.29, 0.717) is 6.04 Å². The zero-order valence-electron chi connectivity index (χ0n) is 10.4. The molecule has 0 saturated heterocycles. The average molecular weight is 210 g/mol. The normalized spacial score (nSPS) is 14.2. The molecule has 15 heavy (non-hydrogen) atoms. The maximum Gasteiger partial charge on any atom is 0.0730 e. The molecule has 0 fully saturated rings. The number of rotatable bonds is 5. The minimum absolute atomic E-state index is 0.111. The van der Waals surface area contributed by atoms with E-state index in [4.69, 9.17) is 0 Å². The van der Waals surface area contributed by atoms with Crippen molar-refractivity contribution in [2.75, 3.05) is 6.54 Å². The zero-order valence-corrected chi connectivity index (χ0v) is 10.4. The number of hydrogen-bond donors (Lipinski definition) is 1. The molecule has 1 heterocycles. The van der Waals surface area contributed by atoms with Gasteiger partial charge in [0.05, 0.1) is 11.9 Å². The molecule has 0 saturated carbocycles. The molecule has 0 spiro atoms. The van der Waals surface area contributed by atoms with Crippen molar-refractivity contribution in [2.45, 2.75) is 45.6 Å². The van der Waals surface area contributed by atoms with Crippen LogP contribution in [-0.2, 0) is 12.5 Å². The molecule has 86 valence electrons. The molecule has 1 rings (SSSR count). The van der Waals surface area contributed by atoms with Crippen molar-refractivity contribution in [2.24, 2.45) is 7.05 Å². The molecule has 0 aliphatic carbocycles. The van der Waals surface area contributed by atoms with Gasteiger partial charge < -0.3 is 5.32 Å². The highest BCUT2D eigenvalue weighted by Gasteiger charge is 2.26. The van der Waals surface area contributed by atoms with Crippen molar-refractivity contribution in [3.8, 4) is 0 Å². The van der Waals surface area contributed by atoms with E-state index in [0.717, 1.165) is 13.0 Å². The van der Waals surface area contributed by atoms with Crippen molar-refractivity contribution in [1.82, 2.24) is 20.3 Å². The van der Waals surface area contributed by atoms with Gasteiger partial charge in [0, 0.05) is 18.5 Å². The molecule has 1 unspecified atom stereocenters. The van der Waals surface area contributed by atoms with E-state index in [-0.39, 0.29) is 5.41 Å². The summed E-state index contributed by atoms with van der Waals surface area (Å²) in [5.74, 6) is 0. The summed E-state index contributed by atoms with van der Waals surface area (Å²) in [4.78, 5) is 0. The summed E-state index contributed by atoms with van der Waals surface area (Å²) in [7, 11) is 1.95. The van der Waals surface area contributed by atoms with Gasteiger partial charge >= 0.3 is 0 Å². The molecule has 4 heteroatoms. The van der Waals surface area contributed by atoms with Crippen molar-refractivity contribution in [3.63, 3.8) is 0 Å². The highest BCUT2D eigenvalue weighted by molar-refractivity contribution is 5.10. The van der Waals surface area contributed by atoms with E-state index in [1.54, 1.807) is 0 Å². The second kappa shape index (κ2) is 4.75. The molecule has 0 aliphatic heterocycles. The standard InChI is InChI=1S/C11H22N4/c1-6-12-9(2)7-11(3,4)10-8-13-14-15(10)5/h8-9,12H,6-7H2,1-5H3. The summed E-state index contributed by atoms with van der Waals surface area (Å²) in [6, 6.07) is 0.514. The van der Waals surface area contributed by atoms with E-state index in [1.165, 1.54) is 5.69 Å². The lowest BCUT2D eigenvalue weighted by Gasteiger charge is -2.28. The molecular weight excluding hydrogens is 188 g/mol. The lowest BCUT2D eigenvalue weighted by molar-refractivity contribution is 0.374. The summed E-state index contributed by atoms with van der Waals surface area (Å²) in [5, 5.41) is 11.3. The summed E-state index contributed by atoms with van der Waals surface area (Å²) in [5.41, 5.74) is 1.30. The van der Waals surface area contributed by atoms with Crippen LogP contribution in [0.3, 0.4) is 0 Å². The Kier molecular flexibility index (Phi) is 3.85. The summed E-state index contributed by atoms with van der Waals surface area (Å²) in [6.07, 6.45) is 2.95. The summed E-state index contributed by atoms with van der Waals surface area (Å²) < 4.78 is 1.86. The van der Waals surface area contributed by atoms with Crippen LogP contribution in [0.15, 0.2) is 6.20 Å². The molecule has 1 N–H and O–H groups in total. The summed E-state index contributed by atoms with van der Waals surface area (Å²) in [6.45, 7) is 9.84. The minimum Gasteiger partial charge on any atom is -0.314 e. The van der Waals surface area contributed by atoms with Gasteiger partial charge in [0.25, 0.3) is 0 Å². The third kappa shape index (κ3) is 3.02. The first kappa shape index (κ1) is 12.2. The minimum atomic E-state index is 0.111. The van der Waals surface area contributed by atoms with Gasteiger partial charge in [-0.3, -0.25) is 4.68 Å². The second-order valence-corrected chi connectivity index (χ2v) is 4.79. The fourth-order valence-corrected chi connectivity index (χ4v) is 2.19. The van der Waals surface area contributed by atoms with Crippen molar-refractivity contribution in [3.05, 3.63) is 11.9 Å². The van der Waals surface area contributed by atoms with E-state index >= 15 is 0 Å². The Hall–Kier alpha value is -0.900. The smallest absolute Gasteiger partial charge is 0.0730 e. The maximum atomic E-state index is 3.98. The van der Waals surface area contributed by atoms with Gasteiger partial charge in [0.1, 0.15) is 0 Å². The van der Waals surface area contributed by atoms with E-state index in [9.17, 15) is 0 Å². The number of aryl methyl sites for hydroxylation is 1. The van der Waals surface area contributed by atoms with Gasteiger partial charge in [-0.05, 0) is 19.9 Å². The SMILES string of the molecule is CCNC(C)CC(C)(C)c1cnnn1C. The number of aromatic nitrogens is 3. The van der Waals surface area contributed by atoms with Crippen LogP contribution in [0.2, 0.25) is 0 Å². The quantitative estimate of drug-likeness (QED) is 0.800. The predicted molar refractivity (Wildman–Crippen MR) is 61.8 cm³/mol. The Morgan fingerprint density at radius 3 is 2.67 bits per heavy atom. The van der Waals surface area contributed by atoms with Gasteiger partial charge in [-0.25, -0.2) is 0 Å². The van der Waals surface area contributed by atoms with Gasteiger partial charge in [0.2, 0.25) is 0 Å². The Labute approximate surface area is 92.1 Å². The van der Waals surface area contributed by atoms with Gasteiger partial charge in [-0.15, -0.1) is 5.10 Å². The van der Waals surface area contributed by atoms with Gasteiger partial charge in [-0.2, -0.15) is 0 Å². The molecule has 0 aromatic carbocycles. The van der Waals surface area contributed by atoms with E-state index in [2.05, 4.69) is 43.3 Å². The van der Waals surface area contributed by atoms with Gasteiger partial charge in [-0.1, -0.05) is 26.0 Å². The van der Waals surface area contributed by atoms with Crippen LogP contribution >= 0.6 is 0 Å². The lowest BCUT2D eigenvalue weighted by Crippen LogP contribution is -2.34. The average Bonchev–Trinajstić information content (AvgIpc) is 2.51. The van der Waals surface area contributed by atoms with Gasteiger partial charge in [0.15, 0.2) is 0 Å². The number of nitrogens with zero attached hydrogens (tertiary/aromatic N) is 3. The highest BCUT2D eigenvalue weighted by atomic mass is 15.4. The van der Waals surface area contributed by atoms with Crippen LogP contribution in [0.25, 0.3) is 0 Å². The van der Waals surface area contributed by atoms with Crippen LogP contribution < -0.4 is 5.32 Å². The molecule has 1 atom stereocenters. The number of nitrogens with one attached hydrogen (secondary N) is 1. The molecular formula is C11H22N4. The molecule has 1 aromatic rings. The third-order valence-corrected chi connectivity index (χ3v) is 2.78. The number of hydrogen-bond acceptors (Lipinski definition) is 3. The zero-order chi connectivity index (χ0) is 11.5.